The second-order valence-electron chi connectivity index (χ2n) is 12.0. The lowest BCUT2D eigenvalue weighted by Crippen LogP contribution is -2.42. The number of allylic oxidation sites excluding steroid dienone is 4. The Morgan fingerprint density at radius 2 is 1.58 bits per heavy atom. The first-order chi connectivity index (χ1) is 25.8. The summed E-state index contributed by atoms with van der Waals surface area (Å²) in [5.41, 5.74) is 4.45. The van der Waals surface area contributed by atoms with Crippen LogP contribution in [0, 0.1) is 10.1 Å². The van der Waals surface area contributed by atoms with Crippen LogP contribution in [0.15, 0.2) is 163 Å². The quantitative estimate of drug-likeness (QED) is 0.0458. The molecule has 5 aromatic rings. The molecule has 4 aromatic carbocycles. The van der Waals surface area contributed by atoms with Crippen LogP contribution >= 0.6 is 11.8 Å². The number of hydrogen-bond acceptors (Lipinski definition) is 6. The first kappa shape index (κ1) is 36.2. The number of carbonyl (C=O) groups is 3. The Bertz CT molecular complexity index is 2270. The van der Waals surface area contributed by atoms with Gasteiger partial charge in [0.2, 0.25) is 5.91 Å². The van der Waals surface area contributed by atoms with Gasteiger partial charge in [-0.2, -0.15) is 4.99 Å². The minimum absolute atomic E-state index is 0.00104. The fourth-order valence-electron chi connectivity index (χ4n) is 5.99. The summed E-state index contributed by atoms with van der Waals surface area (Å²) in [5, 5.41) is 15.1. The van der Waals surface area contributed by atoms with Crippen LogP contribution in [0.5, 0.6) is 0 Å². The van der Waals surface area contributed by atoms with E-state index in [1.54, 1.807) is 49.4 Å². The summed E-state index contributed by atoms with van der Waals surface area (Å²) in [6.07, 6.45) is 10.0. The van der Waals surface area contributed by atoms with Gasteiger partial charge >= 0.3 is 0 Å². The number of thioether (sulfide) groups is 1. The highest BCUT2D eigenvalue weighted by Gasteiger charge is 2.35. The number of nitrogens with one attached hydrogen (secondary N) is 1. The molecule has 1 aliphatic heterocycles. The Morgan fingerprint density at radius 1 is 0.943 bits per heavy atom. The van der Waals surface area contributed by atoms with Crippen molar-refractivity contribution in [3.63, 3.8) is 0 Å². The molecule has 0 spiro atoms. The molecule has 11 heteroatoms. The Kier molecular flexibility index (Phi) is 11.4. The second kappa shape index (κ2) is 16.6. The Labute approximate surface area is 310 Å². The highest BCUT2D eigenvalue weighted by molar-refractivity contribution is 8.14. The van der Waals surface area contributed by atoms with Gasteiger partial charge in [0, 0.05) is 47.0 Å². The molecule has 2 heterocycles. The predicted molar refractivity (Wildman–Crippen MR) is 210 cm³/mol. The third-order valence-electron chi connectivity index (χ3n) is 8.53. The summed E-state index contributed by atoms with van der Waals surface area (Å²) in [7, 11) is 0. The molecule has 0 unspecified atom stereocenters. The molecule has 1 aromatic heterocycles. The zero-order valence-corrected chi connectivity index (χ0v) is 29.6. The second-order valence-corrected chi connectivity index (χ2v) is 12.9. The zero-order chi connectivity index (χ0) is 37.3. The first-order valence-corrected chi connectivity index (χ1v) is 17.7. The van der Waals surface area contributed by atoms with Crippen LogP contribution in [0.4, 0.5) is 5.69 Å². The van der Waals surface area contributed by atoms with Gasteiger partial charge in [0.05, 0.1) is 16.7 Å². The Balaban J connectivity index is 1.30. The lowest BCUT2D eigenvalue weighted by atomic mass is 9.99. The highest BCUT2D eigenvalue weighted by atomic mass is 32.2. The van der Waals surface area contributed by atoms with E-state index in [0.29, 0.717) is 17.8 Å². The molecule has 0 atom stereocenters. The lowest BCUT2D eigenvalue weighted by Gasteiger charge is -2.28. The number of nitro benzene ring substituents is 1. The fourth-order valence-corrected chi connectivity index (χ4v) is 6.80. The van der Waals surface area contributed by atoms with Gasteiger partial charge in [-0.1, -0.05) is 128 Å². The van der Waals surface area contributed by atoms with Crippen LogP contribution in [0.3, 0.4) is 0 Å². The summed E-state index contributed by atoms with van der Waals surface area (Å²) in [6, 6.07) is 32.7. The number of aromatic nitrogens is 1. The number of para-hydroxylation sites is 1. The largest absolute Gasteiger partial charge is 0.344 e. The fraction of sp³-hybridized carbons (Fsp3) is 0.0952. The molecule has 0 fully saturated rings. The van der Waals surface area contributed by atoms with Gasteiger partial charge in [-0.15, -0.1) is 0 Å². The maximum absolute atomic E-state index is 14.3. The van der Waals surface area contributed by atoms with E-state index in [1.165, 1.54) is 17.0 Å². The Hall–Kier alpha value is -6.59. The van der Waals surface area contributed by atoms with Crippen LogP contribution in [0.2, 0.25) is 0 Å². The van der Waals surface area contributed by atoms with E-state index in [0.717, 1.165) is 39.4 Å². The van der Waals surface area contributed by atoms with Crippen molar-refractivity contribution in [3.8, 4) is 0 Å². The smallest absolute Gasteiger partial charge is 0.285 e. The van der Waals surface area contributed by atoms with E-state index >= 15 is 0 Å². The third kappa shape index (κ3) is 8.32. The summed E-state index contributed by atoms with van der Waals surface area (Å²) in [4.78, 5) is 57.8. The summed E-state index contributed by atoms with van der Waals surface area (Å²) in [5.74, 6) is -1.73. The molecule has 0 radical (unpaired) electrons. The number of benzene rings is 4. The van der Waals surface area contributed by atoms with E-state index in [4.69, 9.17) is 0 Å². The number of carbonyl (C=O) groups excluding carboxylic acids is 3. The zero-order valence-electron chi connectivity index (χ0n) is 28.8. The standard InChI is InChI=1S/C42H35N5O5S/c1-3-5-18-33(4-2)46-41(50)36(25-32-27-45(37-20-13-12-19-35(32)37)26-29-21-23-34(24-22-29)47(51)52)40(49)44-42(46)53-28-38(48)43-39(30-14-8-6-9-15-30)31-16-10-7-11-17-31/h3-25,27,39H,1,26,28H2,2H3,(H,43,48)/b18-5-,33-4+,36-25+. The summed E-state index contributed by atoms with van der Waals surface area (Å²) >= 11 is 0.998. The molecule has 0 aliphatic carbocycles. The molecule has 0 saturated heterocycles. The molecule has 0 saturated carbocycles. The minimum atomic E-state index is -0.726. The average Bonchev–Trinajstić information content (AvgIpc) is 3.52. The molecule has 1 aliphatic rings. The molecule has 0 bridgehead atoms. The van der Waals surface area contributed by atoms with Crippen molar-refractivity contribution < 1.29 is 19.3 Å². The van der Waals surface area contributed by atoms with Gasteiger partial charge < -0.3 is 9.88 Å². The number of nitrogens with zero attached hydrogens (tertiary/aromatic N) is 4. The van der Waals surface area contributed by atoms with Crippen LogP contribution in [-0.4, -0.2) is 43.0 Å². The number of nitro groups is 1. The SMILES string of the molecule is C=C/C=C\C(=C/C)N1C(=O)/C(=C/c2cn(Cc3ccc([N+](=O)[O-])cc3)c3ccccc23)C(=O)N=C1SCC(=O)NC(c1ccccc1)c1ccccc1. The Morgan fingerprint density at radius 3 is 2.21 bits per heavy atom. The normalized spacial score (nSPS) is 14.3. The third-order valence-corrected chi connectivity index (χ3v) is 9.47. The van der Waals surface area contributed by atoms with Crippen molar-refractivity contribution in [2.45, 2.75) is 19.5 Å². The molecule has 1 N–H and O–H groups in total. The lowest BCUT2D eigenvalue weighted by molar-refractivity contribution is -0.384. The number of amides is 3. The number of fused-ring (bicyclic) bond motifs is 1. The average molecular weight is 722 g/mol. The van der Waals surface area contributed by atoms with Crippen molar-refractivity contribution in [1.29, 1.82) is 0 Å². The molecule has 53 heavy (non-hydrogen) atoms. The van der Waals surface area contributed by atoms with E-state index in [9.17, 15) is 24.5 Å². The van der Waals surface area contributed by atoms with Gasteiger partial charge in [-0.25, -0.2) is 0 Å². The number of hydrogen-bond donors (Lipinski definition) is 1. The number of aliphatic imine (C=N–C) groups is 1. The minimum Gasteiger partial charge on any atom is -0.344 e. The van der Waals surface area contributed by atoms with Crippen LogP contribution in [0.25, 0.3) is 17.0 Å². The van der Waals surface area contributed by atoms with Gasteiger partial charge in [0.15, 0.2) is 5.17 Å². The molecular formula is C42H35N5O5S. The van der Waals surface area contributed by atoms with Crippen molar-refractivity contribution >= 4 is 57.3 Å². The molecule has 6 rings (SSSR count). The van der Waals surface area contributed by atoms with Gasteiger partial charge in [0.1, 0.15) is 5.57 Å². The maximum Gasteiger partial charge on any atom is 0.285 e. The van der Waals surface area contributed by atoms with Crippen molar-refractivity contribution in [3.05, 3.63) is 190 Å². The van der Waals surface area contributed by atoms with Crippen LogP contribution in [0.1, 0.15) is 35.2 Å². The van der Waals surface area contributed by atoms with E-state index in [2.05, 4.69) is 16.9 Å². The number of amidine groups is 1. The molecule has 10 nitrogen and oxygen atoms in total. The molecule has 264 valence electrons. The molecule has 3 amide bonds. The van der Waals surface area contributed by atoms with Gasteiger partial charge in [-0.05, 0) is 41.8 Å². The van der Waals surface area contributed by atoms with Gasteiger partial charge in [0.25, 0.3) is 17.5 Å². The number of rotatable bonds is 12. The van der Waals surface area contributed by atoms with Crippen molar-refractivity contribution in [2.24, 2.45) is 4.99 Å². The van der Waals surface area contributed by atoms with Crippen LogP contribution in [-0.2, 0) is 20.9 Å². The predicted octanol–water partition coefficient (Wildman–Crippen LogP) is 7.99. The highest BCUT2D eigenvalue weighted by Crippen LogP contribution is 2.30. The van der Waals surface area contributed by atoms with E-state index in [-0.39, 0.29) is 28.1 Å². The number of non-ortho nitro benzene ring substituents is 1. The summed E-state index contributed by atoms with van der Waals surface area (Å²) < 4.78 is 1.96. The van der Waals surface area contributed by atoms with Crippen molar-refractivity contribution in [1.82, 2.24) is 14.8 Å². The van der Waals surface area contributed by atoms with E-state index < -0.39 is 22.8 Å². The molecular weight excluding hydrogens is 687 g/mol. The topological polar surface area (TPSA) is 127 Å². The van der Waals surface area contributed by atoms with E-state index in [1.807, 2.05) is 95.7 Å². The van der Waals surface area contributed by atoms with Crippen LogP contribution < -0.4 is 5.32 Å². The summed E-state index contributed by atoms with van der Waals surface area (Å²) in [6.45, 7) is 5.91. The first-order valence-electron chi connectivity index (χ1n) is 16.7. The van der Waals surface area contributed by atoms with Gasteiger partial charge in [-0.3, -0.25) is 29.4 Å². The van der Waals surface area contributed by atoms with Crippen molar-refractivity contribution in [2.75, 3.05) is 5.75 Å². The maximum atomic E-state index is 14.3. The monoisotopic (exact) mass is 721 g/mol.